The van der Waals surface area contributed by atoms with Crippen LogP contribution < -0.4 is 5.48 Å². The molecular formula is C12H14BrNO3. The lowest BCUT2D eigenvalue weighted by Crippen LogP contribution is -2.33. The highest BCUT2D eigenvalue weighted by Gasteiger charge is 2.16. The molecule has 0 aliphatic carbocycles. The van der Waals surface area contributed by atoms with Crippen LogP contribution >= 0.6 is 15.9 Å². The maximum absolute atomic E-state index is 11.7. The predicted octanol–water partition coefficient (Wildman–Crippen LogP) is 2.64. The monoisotopic (exact) mass is 299 g/mol. The summed E-state index contributed by atoms with van der Waals surface area (Å²) in [5.74, 6) is -0.258. The molecule has 0 saturated carbocycles. The van der Waals surface area contributed by atoms with Crippen molar-refractivity contribution in [1.82, 2.24) is 5.48 Å². The van der Waals surface area contributed by atoms with Crippen molar-refractivity contribution in [3.8, 4) is 0 Å². The second kappa shape index (κ2) is 6.14. The fraction of sp³-hybridized carbons (Fsp3) is 0.417. The molecule has 1 fully saturated rings. The molecule has 92 valence electrons. The fourth-order valence-electron chi connectivity index (χ4n) is 1.58. The molecule has 2 rings (SSSR count). The summed E-state index contributed by atoms with van der Waals surface area (Å²) in [6, 6.07) is 7.08. The molecule has 0 bridgehead atoms. The van der Waals surface area contributed by atoms with Gasteiger partial charge in [-0.3, -0.25) is 4.79 Å². The molecule has 1 aromatic rings. The molecule has 0 unspecified atom stereocenters. The summed E-state index contributed by atoms with van der Waals surface area (Å²) < 4.78 is 6.27. The Morgan fingerprint density at radius 2 is 2.12 bits per heavy atom. The Bertz CT molecular complexity index is 374. The Morgan fingerprint density at radius 1 is 1.35 bits per heavy atom. The molecule has 0 spiro atoms. The first kappa shape index (κ1) is 12.5. The Kier molecular flexibility index (Phi) is 4.53. The summed E-state index contributed by atoms with van der Waals surface area (Å²) in [7, 11) is 0. The van der Waals surface area contributed by atoms with Gasteiger partial charge >= 0.3 is 0 Å². The summed E-state index contributed by atoms with van der Waals surface area (Å²) >= 11 is 3.31. The van der Waals surface area contributed by atoms with Crippen molar-refractivity contribution in [1.29, 1.82) is 0 Å². The third-order valence-electron chi connectivity index (χ3n) is 2.53. The molecule has 1 saturated heterocycles. The van der Waals surface area contributed by atoms with Crippen LogP contribution in [0, 0.1) is 0 Å². The largest absolute Gasteiger partial charge is 0.350 e. The van der Waals surface area contributed by atoms with Gasteiger partial charge < -0.3 is 4.74 Å². The first-order chi connectivity index (χ1) is 8.25. The molecule has 17 heavy (non-hydrogen) atoms. The fourth-order valence-corrected chi connectivity index (χ4v) is 1.85. The van der Waals surface area contributed by atoms with Gasteiger partial charge in [0.2, 0.25) is 0 Å². The van der Waals surface area contributed by atoms with Gasteiger partial charge in [0, 0.05) is 23.1 Å². The Balaban J connectivity index is 1.82. The molecule has 1 aliphatic heterocycles. The molecule has 1 aromatic carbocycles. The third kappa shape index (κ3) is 3.80. The number of carbonyl (C=O) groups is 1. The van der Waals surface area contributed by atoms with E-state index in [0.717, 1.165) is 23.7 Å². The molecule has 1 amide bonds. The van der Waals surface area contributed by atoms with Crippen molar-refractivity contribution in [2.45, 2.75) is 25.6 Å². The number of halogens is 1. The van der Waals surface area contributed by atoms with Gasteiger partial charge in [-0.25, -0.2) is 10.3 Å². The molecule has 1 heterocycles. The first-order valence-corrected chi connectivity index (χ1v) is 6.38. The lowest BCUT2D eigenvalue weighted by Gasteiger charge is -2.22. The summed E-state index contributed by atoms with van der Waals surface area (Å²) in [6.07, 6.45) is 2.63. The van der Waals surface area contributed by atoms with Crippen LogP contribution in [0.2, 0.25) is 0 Å². The third-order valence-corrected chi connectivity index (χ3v) is 3.06. The molecular weight excluding hydrogens is 286 g/mol. The molecule has 0 aromatic heterocycles. The van der Waals surface area contributed by atoms with Gasteiger partial charge in [-0.1, -0.05) is 15.9 Å². The molecule has 1 aliphatic rings. The highest BCUT2D eigenvalue weighted by atomic mass is 79.9. The number of ether oxygens (including phenoxy) is 1. The number of hydroxylamine groups is 1. The van der Waals surface area contributed by atoms with E-state index in [2.05, 4.69) is 21.4 Å². The standard InChI is InChI=1S/C12H14BrNO3/c13-10-6-4-9(5-7-10)12(15)14-17-11-3-1-2-8-16-11/h4-7,11H,1-3,8H2,(H,14,15)/t11-/m1/s1. The Morgan fingerprint density at radius 3 is 2.76 bits per heavy atom. The quantitative estimate of drug-likeness (QED) is 0.873. The molecule has 1 N–H and O–H groups in total. The van der Waals surface area contributed by atoms with Crippen LogP contribution in [-0.4, -0.2) is 18.8 Å². The van der Waals surface area contributed by atoms with Gasteiger partial charge in [-0.2, -0.15) is 0 Å². The second-order valence-corrected chi connectivity index (χ2v) is 4.77. The highest BCUT2D eigenvalue weighted by Crippen LogP contribution is 2.13. The van der Waals surface area contributed by atoms with Gasteiger partial charge in [-0.15, -0.1) is 0 Å². The van der Waals surface area contributed by atoms with E-state index in [1.54, 1.807) is 12.1 Å². The van der Waals surface area contributed by atoms with Crippen molar-refractivity contribution >= 4 is 21.8 Å². The maximum Gasteiger partial charge on any atom is 0.274 e. The lowest BCUT2D eigenvalue weighted by atomic mass is 10.2. The van der Waals surface area contributed by atoms with Crippen molar-refractivity contribution < 1.29 is 14.4 Å². The van der Waals surface area contributed by atoms with E-state index in [0.29, 0.717) is 12.2 Å². The topological polar surface area (TPSA) is 47.6 Å². The number of hydrogen-bond acceptors (Lipinski definition) is 3. The number of amides is 1. The zero-order valence-corrected chi connectivity index (χ0v) is 10.9. The molecule has 0 radical (unpaired) electrons. The molecule has 1 atom stereocenters. The number of nitrogens with one attached hydrogen (secondary N) is 1. The van der Waals surface area contributed by atoms with Crippen LogP contribution in [0.4, 0.5) is 0 Å². The van der Waals surface area contributed by atoms with Gasteiger partial charge in [0.15, 0.2) is 6.29 Å². The van der Waals surface area contributed by atoms with E-state index in [9.17, 15) is 4.79 Å². The van der Waals surface area contributed by atoms with Gasteiger partial charge in [0.25, 0.3) is 5.91 Å². The second-order valence-electron chi connectivity index (χ2n) is 3.85. The van der Waals surface area contributed by atoms with Crippen LogP contribution in [-0.2, 0) is 9.57 Å². The summed E-state index contributed by atoms with van der Waals surface area (Å²) in [6.45, 7) is 0.693. The van der Waals surface area contributed by atoms with E-state index in [1.807, 2.05) is 12.1 Å². The molecule has 5 heteroatoms. The SMILES string of the molecule is O=C(NO[C@@H]1CCCCO1)c1ccc(Br)cc1. The molecule has 4 nitrogen and oxygen atoms in total. The maximum atomic E-state index is 11.7. The van der Waals surface area contributed by atoms with Crippen LogP contribution in [0.25, 0.3) is 0 Å². The summed E-state index contributed by atoms with van der Waals surface area (Å²) in [4.78, 5) is 16.9. The average molecular weight is 300 g/mol. The van der Waals surface area contributed by atoms with Crippen LogP contribution in [0.15, 0.2) is 28.7 Å². The number of hydrogen-bond donors (Lipinski definition) is 1. The van der Waals surface area contributed by atoms with E-state index < -0.39 is 0 Å². The van der Waals surface area contributed by atoms with Gasteiger partial charge in [-0.05, 0) is 37.1 Å². The van der Waals surface area contributed by atoms with Gasteiger partial charge in [0.05, 0.1) is 0 Å². The number of rotatable bonds is 3. The normalized spacial score (nSPS) is 19.9. The van der Waals surface area contributed by atoms with Crippen molar-refractivity contribution in [2.75, 3.05) is 6.61 Å². The average Bonchev–Trinajstić information content (AvgIpc) is 2.38. The van der Waals surface area contributed by atoms with E-state index in [4.69, 9.17) is 9.57 Å². The minimum absolute atomic E-state index is 0.258. The summed E-state index contributed by atoms with van der Waals surface area (Å²) in [5, 5.41) is 0. The van der Waals surface area contributed by atoms with E-state index in [1.165, 1.54) is 0 Å². The van der Waals surface area contributed by atoms with Gasteiger partial charge in [0.1, 0.15) is 0 Å². The van der Waals surface area contributed by atoms with Crippen LogP contribution in [0.5, 0.6) is 0 Å². The van der Waals surface area contributed by atoms with Crippen molar-refractivity contribution in [3.63, 3.8) is 0 Å². The lowest BCUT2D eigenvalue weighted by molar-refractivity contribution is -0.186. The smallest absolute Gasteiger partial charge is 0.274 e. The number of benzene rings is 1. The van der Waals surface area contributed by atoms with Crippen LogP contribution in [0.3, 0.4) is 0 Å². The van der Waals surface area contributed by atoms with Crippen molar-refractivity contribution in [3.05, 3.63) is 34.3 Å². The first-order valence-electron chi connectivity index (χ1n) is 5.59. The predicted molar refractivity (Wildman–Crippen MR) is 66.3 cm³/mol. The number of carbonyl (C=O) groups excluding carboxylic acids is 1. The van der Waals surface area contributed by atoms with Crippen LogP contribution in [0.1, 0.15) is 29.6 Å². The Labute approximate surface area is 108 Å². The van der Waals surface area contributed by atoms with E-state index >= 15 is 0 Å². The zero-order valence-electron chi connectivity index (χ0n) is 9.32. The zero-order chi connectivity index (χ0) is 12.1. The van der Waals surface area contributed by atoms with E-state index in [-0.39, 0.29) is 12.2 Å². The Hall–Kier alpha value is -0.910. The van der Waals surface area contributed by atoms with Crippen molar-refractivity contribution in [2.24, 2.45) is 0 Å². The summed E-state index contributed by atoms with van der Waals surface area (Å²) in [5.41, 5.74) is 2.97. The minimum atomic E-state index is -0.317. The highest BCUT2D eigenvalue weighted by molar-refractivity contribution is 9.10. The minimum Gasteiger partial charge on any atom is -0.350 e.